The van der Waals surface area contributed by atoms with Crippen LogP contribution in [0.5, 0.6) is 0 Å². The zero-order valence-electron chi connectivity index (χ0n) is 10.9. The maximum atomic E-state index is 8.39. The van der Waals surface area contributed by atoms with E-state index in [1.807, 2.05) is 0 Å². The number of allylic oxidation sites excluding steroid dienone is 1. The van der Waals surface area contributed by atoms with E-state index in [9.17, 15) is 0 Å². The van der Waals surface area contributed by atoms with Crippen LogP contribution in [0, 0.1) is 17.3 Å². The predicted octanol–water partition coefficient (Wildman–Crippen LogP) is 2.75. The fourth-order valence-corrected chi connectivity index (χ4v) is 2.93. The molecule has 2 nitrogen and oxygen atoms in total. The molecule has 0 radical (unpaired) electrons. The van der Waals surface area contributed by atoms with E-state index in [2.05, 4.69) is 20.4 Å². The van der Waals surface area contributed by atoms with Gasteiger partial charge in [0, 0.05) is 6.61 Å². The standard InChI is InChI=1S/C10H16.C4H10O2/c1-7-8-4-5-9(6-8)10(7,2)3;1-4(6)2-3-5/h8-9H,1,4-6H2,2-3H3;4-6H,2-3H2,1H3. The highest BCUT2D eigenvalue weighted by Crippen LogP contribution is 2.58. The summed E-state index contributed by atoms with van der Waals surface area (Å²) < 4.78 is 0. The highest BCUT2D eigenvalue weighted by atomic mass is 16.3. The normalized spacial score (nSPS) is 32.2. The summed E-state index contributed by atoms with van der Waals surface area (Å²) in [7, 11) is 0. The van der Waals surface area contributed by atoms with Crippen molar-refractivity contribution in [2.45, 2.75) is 52.6 Å². The predicted molar refractivity (Wildman–Crippen MR) is 67.1 cm³/mol. The first kappa shape index (κ1) is 13.7. The lowest BCUT2D eigenvalue weighted by molar-refractivity contribution is 0.148. The number of rotatable bonds is 2. The van der Waals surface area contributed by atoms with E-state index in [1.54, 1.807) is 6.92 Å². The van der Waals surface area contributed by atoms with E-state index in [-0.39, 0.29) is 12.7 Å². The average Bonchev–Trinajstić information content (AvgIpc) is 2.71. The van der Waals surface area contributed by atoms with Gasteiger partial charge in [0.25, 0.3) is 0 Å². The van der Waals surface area contributed by atoms with Crippen molar-refractivity contribution in [3.05, 3.63) is 12.2 Å². The summed E-state index contributed by atoms with van der Waals surface area (Å²) in [5.41, 5.74) is 2.01. The van der Waals surface area contributed by atoms with E-state index >= 15 is 0 Å². The van der Waals surface area contributed by atoms with Crippen LogP contribution in [0.4, 0.5) is 0 Å². The quantitative estimate of drug-likeness (QED) is 0.711. The third-order valence-corrected chi connectivity index (χ3v) is 4.32. The maximum Gasteiger partial charge on any atom is 0.0533 e. The molecule has 2 saturated carbocycles. The SMILES string of the molecule is C=C1C2CCC(C2)C1(C)C.CC(O)CCO. The van der Waals surface area contributed by atoms with Gasteiger partial charge in [0.15, 0.2) is 0 Å². The second kappa shape index (κ2) is 5.33. The molecule has 0 heterocycles. The number of hydrogen-bond acceptors (Lipinski definition) is 2. The molecule has 0 aliphatic heterocycles. The number of fused-ring (bicyclic) bond motifs is 2. The molecule has 0 aromatic heterocycles. The molecule has 2 fully saturated rings. The molecule has 0 spiro atoms. The van der Waals surface area contributed by atoms with Gasteiger partial charge in [-0.15, -0.1) is 0 Å². The monoisotopic (exact) mass is 226 g/mol. The second-order valence-corrected chi connectivity index (χ2v) is 5.82. The largest absolute Gasteiger partial charge is 0.396 e. The Labute approximate surface area is 99.4 Å². The van der Waals surface area contributed by atoms with Gasteiger partial charge in [0.1, 0.15) is 0 Å². The molecule has 0 saturated heterocycles. The lowest BCUT2D eigenvalue weighted by Crippen LogP contribution is -2.21. The Balaban J connectivity index is 0.000000187. The topological polar surface area (TPSA) is 40.5 Å². The highest BCUT2D eigenvalue weighted by Gasteiger charge is 2.47. The molecule has 16 heavy (non-hydrogen) atoms. The Morgan fingerprint density at radius 2 is 2.06 bits per heavy atom. The van der Waals surface area contributed by atoms with Gasteiger partial charge in [0.05, 0.1) is 6.10 Å². The van der Waals surface area contributed by atoms with Crippen LogP contribution in [-0.2, 0) is 0 Å². The molecule has 3 atom stereocenters. The van der Waals surface area contributed by atoms with Gasteiger partial charge in [0.2, 0.25) is 0 Å². The molecule has 2 heteroatoms. The van der Waals surface area contributed by atoms with Crippen molar-refractivity contribution in [2.24, 2.45) is 17.3 Å². The lowest BCUT2D eigenvalue weighted by atomic mass is 9.73. The minimum absolute atomic E-state index is 0.0810. The zero-order valence-corrected chi connectivity index (χ0v) is 10.9. The second-order valence-electron chi connectivity index (χ2n) is 5.82. The van der Waals surface area contributed by atoms with Gasteiger partial charge in [-0.05, 0) is 49.9 Å². The molecule has 2 N–H and O–H groups in total. The lowest BCUT2D eigenvalue weighted by Gasteiger charge is -2.31. The van der Waals surface area contributed by atoms with Gasteiger partial charge in [-0.2, -0.15) is 0 Å². The summed E-state index contributed by atoms with van der Waals surface area (Å²) in [4.78, 5) is 0. The summed E-state index contributed by atoms with van der Waals surface area (Å²) in [6.45, 7) is 10.6. The van der Waals surface area contributed by atoms with Crippen LogP contribution >= 0.6 is 0 Å². The van der Waals surface area contributed by atoms with Crippen molar-refractivity contribution in [1.82, 2.24) is 0 Å². The Bertz CT molecular complexity index is 243. The molecule has 2 bridgehead atoms. The molecule has 2 aliphatic carbocycles. The molecule has 94 valence electrons. The van der Waals surface area contributed by atoms with E-state index in [0.717, 1.165) is 11.8 Å². The first-order chi connectivity index (χ1) is 7.39. The summed E-state index contributed by atoms with van der Waals surface area (Å²) in [6, 6.07) is 0. The first-order valence-corrected chi connectivity index (χ1v) is 6.37. The zero-order chi connectivity index (χ0) is 12.3. The fraction of sp³-hybridized carbons (Fsp3) is 0.857. The van der Waals surface area contributed by atoms with Crippen LogP contribution < -0.4 is 0 Å². The van der Waals surface area contributed by atoms with Gasteiger partial charge >= 0.3 is 0 Å². The minimum Gasteiger partial charge on any atom is -0.396 e. The molecule has 3 unspecified atom stereocenters. The van der Waals surface area contributed by atoms with Crippen LogP contribution in [0.25, 0.3) is 0 Å². The summed E-state index contributed by atoms with van der Waals surface area (Å²) in [5.74, 6) is 1.85. The molecule has 2 aliphatic rings. The Kier molecular flexibility index (Phi) is 4.57. The van der Waals surface area contributed by atoms with Crippen molar-refractivity contribution in [3.8, 4) is 0 Å². The van der Waals surface area contributed by atoms with Gasteiger partial charge in [-0.3, -0.25) is 0 Å². The third-order valence-electron chi connectivity index (χ3n) is 4.32. The maximum absolute atomic E-state index is 8.39. The smallest absolute Gasteiger partial charge is 0.0533 e. The van der Waals surface area contributed by atoms with Crippen LogP contribution in [0.15, 0.2) is 12.2 Å². The van der Waals surface area contributed by atoms with Crippen molar-refractivity contribution < 1.29 is 10.2 Å². The van der Waals surface area contributed by atoms with Crippen molar-refractivity contribution in [1.29, 1.82) is 0 Å². The van der Waals surface area contributed by atoms with E-state index in [1.165, 1.54) is 24.8 Å². The van der Waals surface area contributed by atoms with Crippen molar-refractivity contribution >= 4 is 0 Å². The van der Waals surface area contributed by atoms with Crippen LogP contribution in [0.2, 0.25) is 0 Å². The molecule has 0 aromatic rings. The van der Waals surface area contributed by atoms with Crippen LogP contribution in [-0.4, -0.2) is 22.9 Å². The Morgan fingerprint density at radius 1 is 1.44 bits per heavy atom. The van der Waals surface area contributed by atoms with Crippen LogP contribution in [0.1, 0.15) is 46.5 Å². The first-order valence-electron chi connectivity index (χ1n) is 6.37. The number of aliphatic hydroxyl groups excluding tert-OH is 2. The van der Waals surface area contributed by atoms with Crippen LogP contribution in [0.3, 0.4) is 0 Å². The molecular formula is C14H26O2. The van der Waals surface area contributed by atoms with Gasteiger partial charge < -0.3 is 10.2 Å². The van der Waals surface area contributed by atoms with Crippen molar-refractivity contribution in [2.75, 3.05) is 6.61 Å². The van der Waals surface area contributed by atoms with Gasteiger partial charge in [-0.1, -0.05) is 26.0 Å². The Hall–Kier alpha value is -0.340. The van der Waals surface area contributed by atoms with Crippen molar-refractivity contribution in [3.63, 3.8) is 0 Å². The molecular weight excluding hydrogens is 200 g/mol. The fourth-order valence-electron chi connectivity index (χ4n) is 2.93. The summed E-state index contributed by atoms with van der Waals surface area (Å²) in [5, 5.41) is 16.5. The van der Waals surface area contributed by atoms with Gasteiger partial charge in [-0.25, -0.2) is 0 Å². The highest BCUT2D eigenvalue weighted by molar-refractivity contribution is 5.22. The summed E-state index contributed by atoms with van der Waals surface area (Å²) in [6.07, 6.45) is 4.45. The number of aliphatic hydroxyl groups is 2. The Morgan fingerprint density at radius 3 is 2.25 bits per heavy atom. The van der Waals surface area contributed by atoms with E-state index in [0.29, 0.717) is 11.8 Å². The molecule has 0 aromatic carbocycles. The minimum atomic E-state index is -0.352. The molecule has 0 amide bonds. The molecule has 2 rings (SSSR count). The number of hydrogen-bond donors (Lipinski definition) is 2. The average molecular weight is 226 g/mol. The van der Waals surface area contributed by atoms with E-state index < -0.39 is 0 Å². The summed E-state index contributed by atoms with van der Waals surface area (Å²) >= 11 is 0. The van der Waals surface area contributed by atoms with E-state index in [4.69, 9.17) is 10.2 Å². The third kappa shape index (κ3) is 2.86.